The van der Waals surface area contributed by atoms with Crippen molar-refractivity contribution in [2.75, 3.05) is 24.3 Å². The largest absolute Gasteiger partial charge is 0.469 e. The molecule has 0 unspecified atom stereocenters. The van der Waals surface area contributed by atoms with Crippen molar-refractivity contribution in [2.45, 2.75) is 25.7 Å². The van der Waals surface area contributed by atoms with Gasteiger partial charge < -0.3 is 15.4 Å². The number of amides is 1. The first-order chi connectivity index (χ1) is 14.7. The molecule has 1 amide bonds. The summed E-state index contributed by atoms with van der Waals surface area (Å²) < 4.78 is 4.63. The van der Waals surface area contributed by atoms with Crippen LogP contribution in [0.15, 0.2) is 60.0 Å². The summed E-state index contributed by atoms with van der Waals surface area (Å²) in [6, 6.07) is 16.8. The lowest BCUT2D eigenvalue weighted by molar-refractivity contribution is -0.140. The quantitative estimate of drug-likeness (QED) is 0.346. The Bertz CT molecular complexity index is 955. The van der Waals surface area contributed by atoms with Crippen LogP contribution in [0.25, 0.3) is 11.3 Å². The van der Waals surface area contributed by atoms with E-state index in [2.05, 4.69) is 20.4 Å². The van der Waals surface area contributed by atoms with Crippen molar-refractivity contribution in [1.82, 2.24) is 4.98 Å². The molecule has 3 aromatic rings. The van der Waals surface area contributed by atoms with Crippen LogP contribution in [-0.2, 0) is 9.53 Å². The summed E-state index contributed by atoms with van der Waals surface area (Å²) in [5, 5.41) is 9.11. The van der Waals surface area contributed by atoms with Crippen molar-refractivity contribution < 1.29 is 14.3 Å². The smallest absolute Gasteiger partial charge is 0.305 e. The molecular formula is C23H25N3O3S. The third-order valence-corrected chi connectivity index (χ3v) is 5.34. The summed E-state index contributed by atoms with van der Waals surface area (Å²) in [4.78, 5) is 27.9. The molecule has 156 valence electrons. The fourth-order valence-corrected chi connectivity index (χ4v) is 3.62. The Morgan fingerprint density at radius 1 is 1.00 bits per heavy atom. The summed E-state index contributed by atoms with van der Waals surface area (Å²) in [6.45, 7) is 0.818. The molecule has 3 rings (SSSR count). The predicted octanol–water partition coefficient (Wildman–Crippen LogP) is 5.21. The molecule has 2 N–H and O–H groups in total. The number of methoxy groups -OCH3 is 1. The molecule has 0 bridgehead atoms. The molecule has 0 atom stereocenters. The van der Waals surface area contributed by atoms with Gasteiger partial charge in [-0.1, -0.05) is 36.8 Å². The number of nitrogens with zero attached hydrogens (tertiary/aromatic N) is 1. The van der Waals surface area contributed by atoms with Crippen LogP contribution in [0.3, 0.4) is 0 Å². The molecule has 0 aliphatic rings. The highest BCUT2D eigenvalue weighted by Gasteiger charge is 2.07. The molecule has 0 aliphatic carbocycles. The van der Waals surface area contributed by atoms with E-state index < -0.39 is 0 Å². The zero-order valence-corrected chi connectivity index (χ0v) is 17.7. The van der Waals surface area contributed by atoms with Crippen LogP contribution in [0, 0.1) is 0 Å². The highest BCUT2D eigenvalue weighted by molar-refractivity contribution is 7.14. The van der Waals surface area contributed by atoms with Gasteiger partial charge in [-0.3, -0.25) is 9.59 Å². The average molecular weight is 424 g/mol. The second-order valence-electron chi connectivity index (χ2n) is 6.75. The van der Waals surface area contributed by atoms with Crippen LogP contribution in [-0.4, -0.2) is 30.5 Å². The van der Waals surface area contributed by atoms with E-state index in [1.807, 2.05) is 47.8 Å². The highest BCUT2D eigenvalue weighted by atomic mass is 32.1. The van der Waals surface area contributed by atoms with Gasteiger partial charge in [0.25, 0.3) is 5.91 Å². The van der Waals surface area contributed by atoms with Gasteiger partial charge in [0, 0.05) is 35.2 Å². The van der Waals surface area contributed by atoms with Crippen LogP contribution >= 0.6 is 11.3 Å². The van der Waals surface area contributed by atoms with E-state index in [0.717, 1.165) is 47.9 Å². The third-order valence-electron chi connectivity index (χ3n) is 4.54. The van der Waals surface area contributed by atoms with Gasteiger partial charge in [0.15, 0.2) is 5.13 Å². The van der Waals surface area contributed by atoms with E-state index in [4.69, 9.17) is 0 Å². The first-order valence-corrected chi connectivity index (χ1v) is 10.8. The number of carbonyl (C=O) groups is 2. The van der Waals surface area contributed by atoms with Crippen molar-refractivity contribution in [2.24, 2.45) is 0 Å². The molecule has 0 fully saturated rings. The summed E-state index contributed by atoms with van der Waals surface area (Å²) in [5.74, 6) is -0.284. The standard InChI is InChI=1S/C23H25N3O3S/c1-29-21(27)10-6-3-7-15-24-23-26-20(16-30-23)17-11-13-19(14-12-17)25-22(28)18-8-4-2-5-9-18/h2,4-5,8-9,11-14,16H,3,6-7,10,15H2,1H3,(H,24,26)(H,25,28). The Morgan fingerprint density at radius 2 is 1.77 bits per heavy atom. The van der Waals surface area contributed by atoms with E-state index in [1.165, 1.54) is 7.11 Å². The topological polar surface area (TPSA) is 80.3 Å². The molecule has 1 heterocycles. The summed E-state index contributed by atoms with van der Waals surface area (Å²) in [6.07, 6.45) is 3.25. The third kappa shape index (κ3) is 6.42. The average Bonchev–Trinajstić information content (AvgIpc) is 3.26. The number of rotatable bonds is 10. The number of aromatic nitrogens is 1. The maximum atomic E-state index is 12.2. The number of anilines is 2. The minimum absolute atomic E-state index is 0.130. The molecule has 0 aliphatic heterocycles. The number of benzene rings is 2. The molecule has 0 spiro atoms. The fourth-order valence-electron chi connectivity index (χ4n) is 2.87. The molecule has 1 aromatic heterocycles. The number of ether oxygens (including phenoxy) is 1. The van der Waals surface area contributed by atoms with Gasteiger partial charge >= 0.3 is 5.97 Å². The number of carbonyl (C=O) groups excluding carboxylic acids is 2. The van der Waals surface area contributed by atoms with Gasteiger partial charge in [0.05, 0.1) is 12.8 Å². The molecular weight excluding hydrogens is 398 g/mol. The summed E-state index contributed by atoms with van der Waals surface area (Å²) >= 11 is 1.56. The molecule has 0 saturated heterocycles. The van der Waals surface area contributed by atoms with Crippen LogP contribution in [0.2, 0.25) is 0 Å². The number of thiazole rings is 1. The number of hydrogen-bond donors (Lipinski definition) is 2. The molecule has 6 nitrogen and oxygen atoms in total. The Hall–Kier alpha value is -3.19. The van der Waals surface area contributed by atoms with Crippen molar-refractivity contribution in [3.8, 4) is 11.3 Å². The van der Waals surface area contributed by atoms with Crippen molar-refractivity contribution in [3.05, 3.63) is 65.5 Å². The fraction of sp³-hybridized carbons (Fsp3) is 0.261. The van der Waals surface area contributed by atoms with Crippen LogP contribution in [0.5, 0.6) is 0 Å². The number of nitrogens with one attached hydrogen (secondary N) is 2. The Balaban J connectivity index is 1.46. The lowest BCUT2D eigenvalue weighted by Gasteiger charge is -2.06. The van der Waals surface area contributed by atoms with Crippen LogP contribution < -0.4 is 10.6 Å². The monoisotopic (exact) mass is 423 g/mol. The number of esters is 1. The first-order valence-electron chi connectivity index (χ1n) is 9.89. The number of unbranched alkanes of at least 4 members (excludes halogenated alkanes) is 2. The lowest BCUT2D eigenvalue weighted by Crippen LogP contribution is -2.11. The van der Waals surface area contributed by atoms with E-state index in [-0.39, 0.29) is 11.9 Å². The highest BCUT2D eigenvalue weighted by Crippen LogP contribution is 2.26. The van der Waals surface area contributed by atoms with Crippen LogP contribution in [0.4, 0.5) is 10.8 Å². The molecule has 2 aromatic carbocycles. The van der Waals surface area contributed by atoms with E-state index in [1.54, 1.807) is 23.5 Å². The van der Waals surface area contributed by atoms with Gasteiger partial charge in [-0.25, -0.2) is 4.98 Å². The molecule has 0 saturated carbocycles. The van der Waals surface area contributed by atoms with Gasteiger partial charge in [-0.2, -0.15) is 0 Å². The maximum Gasteiger partial charge on any atom is 0.305 e. The van der Waals surface area contributed by atoms with Gasteiger partial charge in [-0.05, 0) is 37.1 Å². The minimum atomic E-state index is -0.154. The van der Waals surface area contributed by atoms with Gasteiger partial charge in [-0.15, -0.1) is 11.3 Å². The van der Waals surface area contributed by atoms with E-state index in [9.17, 15) is 9.59 Å². The molecule has 0 radical (unpaired) electrons. The Labute approximate surface area is 180 Å². The van der Waals surface area contributed by atoms with Crippen LogP contribution in [0.1, 0.15) is 36.0 Å². The zero-order valence-electron chi connectivity index (χ0n) is 16.9. The van der Waals surface area contributed by atoms with Gasteiger partial charge in [0.2, 0.25) is 0 Å². The maximum absolute atomic E-state index is 12.2. The van der Waals surface area contributed by atoms with Crippen molar-refractivity contribution in [1.29, 1.82) is 0 Å². The SMILES string of the molecule is COC(=O)CCCCCNc1nc(-c2ccc(NC(=O)c3ccccc3)cc2)cs1. The van der Waals surface area contributed by atoms with Crippen molar-refractivity contribution >= 4 is 34.0 Å². The normalized spacial score (nSPS) is 10.4. The molecule has 30 heavy (non-hydrogen) atoms. The van der Waals surface area contributed by atoms with E-state index in [0.29, 0.717) is 12.0 Å². The van der Waals surface area contributed by atoms with E-state index >= 15 is 0 Å². The second kappa shape index (κ2) is 11.1. The predicted molar refractivity (Wildman–Crippen MR) is 121 cm³/mol. The summed E-state index contributed by atoms with van der Waals surface area (Å²) in [7, 11) is 1.41. The van der Waals surface area contributed by atoms with Crippen molar-refractivity contribution in [3.63, 3.8) is 0 Å². The number of hydrogen-bond acceptors (Lipinski definition) is 6. The second-order valence-corrected chi connectivity index (χ2v) is 7.61. The Kier molecular flexibility index (Phi) is 7.97. The first kappa shape index (κ1) is 21.5. The zero-order chi connectivity index (χ0) is 21.2. The summed E-state index contributed by atoms with van der Waals surface area (Å²) in [5.41, 5.74) is 3.26. The lowest BCUT2D eigenvalue weighted by atomic mass is 10.1. The molecule has 7 heteroatoms. The Morgan fingerprint density at radius 3 is 2.50 bits per heavy atom. The van der Waals surface area contributed by atoms with Gasteiger partial charge in [0.1, 0.15) is 0 Å². The minimum Gasteiger partial charge on any atom is -0.469 e.